The first kappa shape index (κ1) is 28.0. The van der Waals surface area contributed by atoms with Crippen molar-refractivity contribution >= 4 is 27.6 Å². The zero-order valence-electron chi connectivity index (χ0n) is 21.7. The molecule has 0 bridgehead atoms. The van der Waals surface area contributed by atoms with Gasteiger partial charge in [-0.3, -0.25) is 9.29 Å². The molecule has 0 saturated heterocycles. The van der Waals surface area contributed by atoms with Gasteiger partial charge in [-0.05, 0) is 25.1 Å². The van der Waals surface area contributed by atoms with Gasteiger partial charge in [0.1, 0.15) is 34.2 Å². The lowest BCUT2D eigenvalue weighted by Gasteiger charge is -2.22. The Bertz CT molecular complexity index is 1530. The van der Waals surface area contributed by atoms with Gasteiger partial charge in [0.25, 0.3) is 0 Å². The van der Waals surface area contributed by atoms with Gasteiger partial charge in [0.2, 0.25) is 21.9 Å². The number of nitrogens with zero attached hydrogens (tertiary/aromatic N) is 6. The quantitative estimate of drug-likeness (QED) is 0.280. The maximum absolute atomic E-state index is 13.6. The summed E-state index contributed by atoms with van der Waals surface area (Å²) in [5.74, 6) is 1.28. The van der Waals surface area contributed by atoms with E-state index >= 15 is 0 Å². The van der Waals surface area contributed by atoms with Crippen LogP contribution in [0.4, 0.5) is 5.95 Å². The predicted molar refractivity (Wildman–Crippen MR) is 143 cm³/mol. The van der Waals surface area contributed by atoms with Gasteiger partial charge in [0.05, 0.1) is 26.4 Å². The first-order valence-corrected chi connectivity index (χ1v) is 13.4. The van der Waals surface area contributed by atoms with Gasteiger partial charge in [0.15, 0.2) is 11.6 Å². The molecule has 4 rings (SSSR count). The molecule has 4 aromatic rings. The highest BCUT2D eigenvalue weighted by atomic mass is 35.5. The summed E-state index contributed by atoms with van der Waals surface area (Å²) in [7, 11) is 1.63. The highest BCUT2D eigenvalue weighted by Gasteiger charge is 2.35. The second kappa shape index (κ2) is 11.8. The van der Waals surface area contributed by atoms with E-state index in [0.717, 1.165) is 0 Å². The highest BCUT2D eigenvalue weighted by molar-refractivity contribution is 7.93. The van der Waals surface area contributed by atoms with E-state index in [-0.39, 0.29) is 17.6 Å². The van der Waals surface area contributed by atoms with Crippen LogP contribution in [0.25, 0.3) is 17.2 Å². The molecule has 0 aliphatic carbocycles. The molecule has 206 valence electrons. The number of anilines is 1. The molecule has 3 heterocycles. The number of benzene rings is 1. The third-order valence-corrected chi connectivity index (χ3v) is 7.64. The maximum atomic E-state index is 13.6. The molecule has 15 heteroatoms. The lowest BCUT2D eigenvalue weighted by atomic mass is 10.2. The normalized spacial score (nSPS) is 13.0. The average molecular weight is 576 g/mol. The Balaban J connectivity index is 1.85. The molecule has 2 atom stereocenters. The van der Waals surface area contributed by atoms with Gasteiger partial charge in [-0.25, -0.2) is 23.4 Å². The minimum atomic E-state index is -4.17. The highest BCUT2D eigenvalue weighted by Crippen LogP contribution is 2.38. The van der Waals surface area contributed by atoms with Crippen LogP contribution in [0.1, 0.15) is 18.9 Å². The number of sulfonamides is 1. The van der Waals surface area contributed by atoms with Crippen LogP contribution < -0.4 is 18.9 Å². The summed E-state index contributed by atoms with van der Waals surface area (Å²) in [6.45, 7) is 1.46. The summed E-state index contributed by atoms with van der Waals surface area (Å²) in [5.41, 5.74) is 0.708. The Morgan fingerprint density at radius 3 is 2.15 bits per heavy atom. The van der Waals surface area contributed by atoms with Crippen molar-refractivity contribution in [1.29, 1.82) is 0 Å². The molecule has 39 heavy (non-hydrogen) atoms. The number of hydrogen-bond donors (Lipinski definition) is 1. The lowest BCUT2D eigenvalue weighted by Crippen LogP contribution is -2.33. The van der Waals surface area contributed by atoms with Crippen LogP contribution in [0.3, 0.4) is 0 Å². The molecule has 0 saturated carbocycles. The van der Waals surface area contributed by atoms with Crippen molar-refractivity contribution in [2.24, 2.45) is 0 Å². The van der Waals surface area contributed by atoms with E-state index < -0.39 is 21.4 Å². The number of halogens is 1. The van der Waals surface area contributed by atoms with Crippen molar-refractivity contribution in [3.63, 3.8) is 0 Å². The molecule has 13 nitrogen and oxygen atoms in total. The molecule has 0 aliphatic rings. The summed E-state index contributed by atoms with van der Waals surface area (Å²) in [5, 5.41) is 7.55. The fraction of sp³-hybridized carbons (Fsp3) is 0.292. The monoisotopic (exact) mass is 575 g/mol. The number of pyridine rings is 1. The summed E-state index contributed by atoms with van der Waals surface area (Å²) in [4.78, 5) is 12.7. The van der Waals surface area contributed by atoms with Crippen LogP contribution >= 0.6 is 11.6 Å². The van der Waals surface area contributed by atoms with Crippen molar-refractivity contribution in [1.82, 2.24) is 29.7 Å². The molecule has 0 aliphatic heterocycles. The van der Waals surface area contributed by atoms with E-state index in [9.17, 15) is 8.42 Å². The molecule has 0 amide bonds. The minimum absolute atomic E-state index is 0.142. The van der Waals surface area contributed by atoms with Gasteiger partial charge in [-0.2, -0.15) is 0 Å². The zero-order valence-corrected chi connectivity index (χ0v) is 23.3. The Kier molecular flexibility index (Phi) is 8.47. The number of rotatable bonds is 11. The summed E-state index contributed by atoms with van der Waals surface area (Å²) in [6.07, 6.45) is 1.71. The molecule has 3 aromatic heterocycles. The summed E-state index contributed by atoms with van der Waals surface area (Å²) >= 11 is 5.89. The van der Waals surface area contributed by atoms with Gasteiger partial charge in [-0.15, -0.1) is 10.2 Å². The second-order valence-corrected chi connectivity index (χ2v) is 10.5. The molecule has 0 spiro atoms. The van der Waals surface area contributed by atoms with E-state index in [1.54, 1.807) is 36.4 Å². The Morgan fingerprint density at radius 1 is 0.923 bits per heavy atom. The Morgan fingerprint density at radius 2 is 1.56 bits per heavy atom. The van der Waals surface area contributed by atoms with Gasteiger partial charge < -0.3 is 18.9 Å². The molecule has 1 aromatic carbocycles. The van der Waals surface area contributed by atoms with Crippen molar-refractivity contribution < 1.29 is 27.4 Å². The first-order valence-electron chi connectivity index (χ1n) is 11.4. The minimum Gasteiger partial charge on any atom is -0.494 e. The number of methoxy groups -OCH3 is 4. The van der Waals surface area contributed by atoms with Gasteiger partial charge in [-0.1, -0.05) is 23.7 Å². The fourth-order valence-corrected chi connectivity index (χ4v) is 5.02. The van der Waals surface area contributed by atoms with E-state index in [2.05, 4.69) is 29.9 Å². The second-order valence-electron chi connectivity index (χ2n) is 8.03. The van der Waals surface area contributed by atoms with Crippen LogP contribution in [0, 0.1) is 0 Å². The molecule has 0 unspecified atom stereocenters. The van der Waals surface area contributed by atoms with Crippen LogP contribution in [0.2, 0.25) is 5.02 Å². The number of ether oxygens (including phenoxy) is 4. The number of aromatic nitrogens is 6. The summed E-state index contributed by atoms with van der Waals surface area (Å²) in [6, 6.07) is 10.2. The molecule has 0 fully saturated rings. The molecule has 1 N–H and O–H groups in total. The van der Waals surface area contributed by atoms with E-state index in [1.165, 1.54) is 52.3 Å². The van der Waals surface area contributed by atoms with Crippen LogP contribution in [0.15, 0.2) is 48.8 Å². The first-order chi connectivity index (χ1) is 18.7. The van der Waals surface area contributed by atoms with Gasteiger partial charge >= 0.3 is 0 Å². The molecular formula is C24H26ClN7O6S. The van der Waals surface area contributed by atoms with Crippen molar-refractivity contribution in [3.05, 3.63) is 59.6 Å². The lowest BCUT2D eigenvalue weighted by molar-refractivity contribution is 0.0950. The van der Waals surface area contributed by atoms with Crippen molar-refractivity contribution in [2.75, 3.05) is 33.2 Å². The van der Waals surface area contributed by atoms with Crippen LogP contribution in [-0.2, 0) is 14.8 Å². The molecule has 0 radical (unpaired) electrons. The molecular weight excluding hydrogens is 550 g/mol. The van der Waals surface area contributed by atoms with E-state index in [1.807, 2.05) is 0 Å². The van der Waals surface area contributed by atoms with Crippen LogP contribution in [0.5, 0.6) is 17.4 Å². The summed E-state index contributed by atoms with van der Waals surface area (Å²) < 4.78 is 53.1. The SMILES string of the molecule is COc1cccc(-c2nnc(NS(=O)(=O)[C@H](C)[C@@H](OC)c3ncc(Cl)cn3)n2-c2c(OC)cccc2OC)n1. The van der Waals surface area contributed by atoms with E-state index in [0.29, 0.717) is 33.8 Å². The fourth-order valence-electron chi connectivity index (χ4n) is 3.79. The zero-order chi connectivity index (χ0) is 28.2. The Labute approximate surface area is 230 Å². The maximum Gasteiger partial charge on any atom is 0.243 e. The largest absolute Gasteiger partial charge is 0.494 e. The van der Waals surface area contributed by atoms with E-state index in [4.69, 9.17) is 30.5 Å². The standard InChI is InChI=1S/C24H26ClN7O6S/c1-14(21(38-5)22-26-12-15(25)13-27-22)39(33,34)31-24-30-29-23(16-8-6-11-19(28-16)37-4)32(24)20-17(35-2)9-7-10-18(20)36-3/h6-14,21H,1-5H3,(H,30,31)/t14-,21-/m1/s1. The van der Waals surface area contributed by atoms with Crippen LogP contribution in [-0.4, -0.2) is 71.8 Å². The predicted octanol–water partition coefficient (Wildman–Crippen LogP) is 3.32. The average Bonchev–Trinajstić information content (AvgIpc) is 3.35. The van der Waals surface area contributed by atoms with Gasteiger partial charge in [0, 0.05) is 25.6 Å². The van der Waals surface area contributed by atoms with Crippen molar-refractivity contribution in [2.45, 2.75) is 18.3 Å². The number of nitrogens with one attached hydrogen (secondary N) is 1. The number of hydrogen-bond acceptors (Lipinski definition) is 11. The smallest absolute Gasteiger partial charge is 0.243 e. The Hall–Kier alpha value is -4.01. The van der Waals surface area contributed by atoms with Crippen molar-refractivity contribution in [3.8, 4) is 34.6 Å². The third kappa shape index (κ3) is 5.72. The third-order valence-electron chi connectivity index (χ3n) is 5.75. The topological polar surface area (TPSA) is 152 Å². The number of para-hydroxylation sites is 1.